The molecule has 0 bridgehead atoms. The van der Waals surface area contributed by atoms with Crippen LogP contribution >= 0.6 is 0 Å². The second kappa shape index (κ2) is 8.99. The van der Waals surface area contributed by atoms with Gasteiger partial charge in [-0.1, -0.05) is 69.7 Å². The highest BCUT2D eigenvalue weighted by molar-refractivity contribution is 5.65. The standard InChI is InChI=1S/C24H28FN/c1-2-3-18-4-6-19(7-5-18)8-9-20-12-15-23(24(25)16-20)22-13-10-21(17-26)11-14-22/h10-16,18-19H,2-9H2,1H3/t18-,19-. The van der Waals surface area contributed by atoms with Crippen molar-refractivity contribution in [3.8, 4) is 17.2 Å². The van der Waals surface area contributed by atoms with Crippen LogP contribution in [0.25, 0.3) is 11.1 Å². The van der Waals surface area contributed by atoms with Gasteiger partial charge in [0.25, 0.3) is 0 Å². The van der Waals surface area contributed by atoms with E-state index in [0.717, 1.165) is 29.4 Å². The predicted molar refractivity (Wildman–Crippen MR) is 105 cm³/mol. The molecule has 3 rings (SSSR count). The molecule has 2 aromatic rings. The Morgan fingerprint density at radius 3 is 2.19 bits per heavy atom. The van der Waals surface area contributed by atoms with E-state index in [0.29, 0.717) is 11.1 Å². The van der Waals surface area contributed by atoms with Crippen LogP contribution in [0, 0.1) is 29.0 Å². The molecule has 1 fully saturated rings. The molecule has 1 aliphatic rings. The first kappa shape index (κ1) is 18.6. The summed E-state index contributed by atoms with van der Waals surface area (Å²) in [5, 5.41) is 8.87. The zero-order chi connectivity index (χ0) is 18.4. The maximum absolute atomic E-state index is 14.6. The molecule has 2 aromatic carbocycles. The summed E-state index contributed by atoms with van der Waals surface area (Å²) < 4.78 is 14.6. The fourth-order valence-corrected chi connectivity index (χ4v) is 4.26. The van der Waals surface area contributed by atoms with Crippen molar-refractivity contribution in [1.82, 2.24) is 0 Å². The molecule has 0 saturated heterocycles. The van der Waals surface area contributed by atoms with E-state index in [4.69, 9.17) is 5.26 Å². The van der Waals surface area contributed by atoms with E-state index in [2.05, 4.69) is 19.1 Å². The van der Waals surface area contributed by atoms with Gasteiger partial charge in [-0.2, -0.15) is 5.26 Å². The molecule has 1 saturated carbocycles. The summed E-state index contributed by atoms with van der Waals surface area (Å²) in [4.78, 5) is 0. The highest BCUT2D eigenvalue weighted by Gasteiger charge is 2.20. The second-order valence-corrected chi connectivity index (χ2v) is 7.72. The largest absolute Gasteiger partial charge is 0.206 e. The molecular formula is C24H28FN. The molecule has 1 nitrogen and oxygen atoms in total. The van der Waals surface area contributed by atoms with Gasteiger partial charge >= 0.3 is 0 Å². The molecular weight excluding hydrogens is 321 g/mol. The Hall–Kier alpha value is -2.14. The van der Waals surface area contributed by atoms with Crippen LogP contribution < -0.4 is 0 Å². The Labute approximate surface area is 156 Å². The van der Waals surface area contributed by atoms with Gasteiger partial charge in [-0.15, -0.1) is 0 Å². The average molecular weight is 349 g/mol. The average Bonchev–Trinajstić information content (AvgIpc) is 2.68. The number of hydrogen-bond acceptors (Lipinski definition) is 1. The summed E-state index contributed by atoms with van der Waals surface area (Å²) in [6.45, 7) is 2.28. The van der Waals surface area contributed by atoms with E-state index in [1.807, 2.05) is 18.2 Å². The monoisotopic (exact) mass is 349 g/mol. The molecule has 2 heteroatoms. The second-order valence-electron chi connectivity index (χ2n) is 7.72. The summed E-state index contributed by atoms with van der Waals surface area (Å²) in [5.74, 6) is 1.59. The first-order valence-corrected chi connectivity index (χ1v) is 9.98. The van der Waals surface area contributed by atoms with E-state index >= 15 is 0 Å². The van der Waals surface area contributed by atoms with Crippen LogP contribution in [0.1, 0.15) is 63.0 Å². The third kappa shape index (κ3) is 4.73. The van der Waals surface area contributed by atoms with Crippen molar-refractivity contribution in [3.63, 3.8) is 0 Å². The lowest BCUT2D eigenvalue weighted by Gasteiger charge is -2.28. The van der Waals surface area contributed by atoms with E-state index < -0.39 is 0 Å². The number of aryl methyl sites for hydroxylation is 1. The van der Waals surface area contributed by atoms with Gasteiger partial charge in [0.1, 0.15) is 5.82 Å². The van der Waals surface area contributed by atoms with Gasteiger partial charge in [0.15, 0.2) is 0 Å². The minimum Gasteiger partial charge on any atom is -0.206 e. The maximum atomic E-state index is 14.6. The number of hydrogen-bond donors (Lipinski definition) is 0. The lowest BCUT2D eigenvalue weighted by molar-refractivity contribution is 0.252. The van der Waals surface area contributed by atoms with Crippen molar-refractivity contribution in [2.24, 2.45) is 11.8 Å². The lowest BCUT2D eigenvalue weighted by atomic mass is 9.78. The minimum absolute atomic E-state index is 0.168. The fraction of sp³-hybridized carbons (Fsp3) is 0.458. The van der Waals surface area contributed by atoms with Gasteiger partial charge in [-0.05, 0) is 54.0 Å². The lowest BCUT2D eigenvalue weighted by Crippen LogP contribution is -2.15. The van der Waals surface area contributed by atoms with E-state index in [-0.39, 0.29) is 5.82 Å². The van der Waals surface area contributed by atoms with Crippen molar-refractivity contribution in [2.45, 2.75) is 58.3 Å². The van der Waals surface area contributed by atoms with E-state index in [9.17, 15) is 4.39 Å². The van der Waals surface area contributed by atoms with Gasteiger partial charge in [0.05, 0.1) is 11.6 Å². The normalized spacial score (nSPS) is 19.9. The predicted octanol–water partition coefficient (Wildman–Crippen LogP) is 6.90. The van der Waals surface area contributed by atoms with Crippen LogP contribution in [-0.4, -0.2) is 0 Å². The number of benzene rings is 2. The maximum Gasteiger partial charge on any atom is 0.131 e. The summed E-state index contributed by atoms with van der Waals surface area (Å²) in [7, 11) is 0. The van der Waals surface area contributed by atoms with Gasteiger partial charge in [0.2, 0.25) is 0 Å². The molecule has 0 amide bonds. The smallest absolute Gasteiger partial charge is 0.131 e. The topological polar surface area (TPSA) is 23.8 Å². The number of halogens is 1. The zero-order valence-electron chi connectivity index (χ0n) is 15.7. The van der Waals surface area contributed by atoms with Crippen LogP contribution in [0.15, 0.2) is 42.5 Å². The highest BCUT2D eigenvalue weighted by Crippen LogP contribution is 2.34. The molecule has 0 unspecified atom stereocenters. The van der Waals surface area contributed by atoms with Crippen LogP contribution in [0.4, 0.5) is 4.39 Å². The van der Waals surface area contributed by atoms with Crippen molar-refractivity contribution in [1.29, 1.82) is 5.26 Å². The van der Waals surface area contributed by atoms with Crippen LogP contribution in [0.5, 0.6) is 0 Å². The first-order valence-electron chi connectivity index (χ1n) is 9.98. The summed E-state index contributed by atoms with van der Waals surface area (Å²) in [6.07, 6.45) is 10.3. The number of nitrogens with zero attached hydrogens (tertiary/aromatic N) is 1. The Bertz CT molecular complexity index is 749. The number of nitriles is 1. The number of rotatable bonds is 6. The molecule has 26 heavy (non-hydrogen) atoms. The molecule has 1 aliphatic carbocycles. The van der Waals surface area contributed by atoms with Crippen molar-refractivity contribution < 1.29 is 4.39 Å². The van der Waals surface area contributed by atoms with Crippen LogP contribution in [0.3, 0.4) is 0 Å². The van der Waals surface area contributed by atoms with Gasteiger partial charge in [0, 0.05) is 5.56 Å². The third-order valence-corrected chi connectivity index (χ3v) is 5.86. The Kier molecular flexibility index (Phi) is 6.45. The Morgan fingerprint density at radius 1 is 0.962 bits per heavy atom. The van der Waals surface area contributed by atoms with Crippen LogP contribution in [0.2, 0.25) is 0 Å². The molecule has 0 radical (unpaired) electrons. The summed E-state index contributed by atoms with van der Waals surface area (Å²) in [5.41, 5.74) is 3.12. The minimum atomic E-state index is -0.168. The van der Waals surface area contributed by atoms with Gasteiger partial charge in [-0.3, -0.25) is 0 Å². The van der Waals surface area contributed by atoms with Gasteiger partial charge in [-0.25, -0.2) is 4.39 Å². The van der Waals surface area contributed by atoms with Crippen molar-refractivity contribution >= 4 is 0 Å². The first-order chi connectivity index (χ1) is 12.7. The van der Waals surface area contributed by atoms with Gasteiger partial charge < -0.3 is 0 Å². The summed E-state index contributed by atoms with van der Waals surface area (Å²) >= 11 is 0. The molecule has 0 aliphatic heterocycles. The molecule has 136 valence electrons. The fourth-order valence-electron chi connectivity index (χ4n) is 4.26. The third-order valence-electron chi connectivity index (χ3n) is 5.86. The molecule has 0 atom stereocenters. The molecule has 0 aromatic heterocycles. The van der Waals surface area contributed by atoms with E-state index in [1.54, 1.807) is 18.2 Å². The summed E-state index contributed by atoms with van der Waals surface area (Å²) in [6, 6.07) is 14.8. The van der Waals surface area contributed by atoms with E-state index in [1.165, 1.54) is 44.9 Å². The molecule has 0 spiro atoms. The highest BCUT2D eigenvalue weighted by atomic mass is 19.1. The SMILES string of the molecule is CCC[C@H]1CC[C@H](CCc2ccc(-c3ccc(C#N)cc3)c(F)c2)CC1. The van der Waals surface area contributed by atoms with Crippen LogP contribution in [-0.2, 0) is 6.42 Å². The quantitative estimate of drug-likeness (QED) is 0.556. The zero-order valence-corrected chi connectivity index (χ0v) is 15.7. The Balaban J connectivity index is 1.57. The molecule has 0 N–H and O–H groups in total. The van der Waals surface area contributed by atoms with Crippen molar-refractivity contribution in [2.75, 3.05) is 0 Å². The Morgan fingerprint density at radius 2 is 1.62 bits per heavy atom. The van der Waals surface area contributed by atoms with Crippen molar-refractivity contribution in [3.05, 3.63) is 59.4 Å². The molecule has 0 heterocycles.